The summed E-state index contributed by atoms with van der Waals surface area (Å²) in [6, 6.07) is 5.32. The van der Waals surface area contributed by atoms with Crippen molar-refractivity contribution in [2.45, 2.75) is 31.7 Å². The molecule has 0 aromatic heterocycles. The van der Waals surface area contributed by atoms with Gasteiger partial charge in [-0.15, -0.1) is 0 Å². The molecule has 1 aromatic rings. The highest BCUT2D eigenvalue weighted by Crippen LogP contribution is 2.45. The molecule has 0 heterocycles. The molecule has 1 aromatic carbocycles. The molecule has 0 amide bonds. The van der Waals surface area contributed by atoms with Crippen LogP contribution in [0.3, 0.4) is 0 Å². The van der Waals surface area contributed by atoms with E-state index in [0.29, 0.717) is 42.9 Å². The topological polar surface area (TPSA) is 61.6 Å². The first kappa shape index (κ1) is 14.4. The molecule has 0 fully saturated rings. The van der Waals surface area contributed by atoms with Gasteiger partial charge in [0.05, 0.1) is 19.3 Å². The van der Waals surface area contributed by atoms with Crippen LogP contribution in [0.2, 0.25) is 0 Å². The van der Waals surface area contributed by atoms with E-state index in [4.69, 9.17) is 9.47 Å². The van der Waals surface area contributed by atoms with Gasteiger partial charge in [0.1, 0.15) is 0 Å². The van der Waals surface area contributed by atoms with E-state index in [1.54, 1.807) is 25.3 Å². The molecule has 0 N–H and O–H groups in total. The van der Waals surface area contributed by atoms with E-state index < -0.39 is 5.54 Å². The Morgan fingerprint density at radius 1 is 1.40 bits per heavy atom. The average Bonchev–Trinajstić information content (AvgIpc) is 2.48. The number of rotatable bonds is 5. The molecule has 1 aliphatic rings. The molecule has 2 rings (SSSR count). The molecule has 108 valence electrons. The van der Waals surface area contributed by atoms with E-state index in [9.17, 15) is 10.1 Å². The van der Waals surface area contributed by atoms with Crippen molar-refractivity contribution >= 4 is 0 Å². The predicted molar refractivity (Wildman–Crippen MR) is 75.8 cm³/mol. The molecule has 5 nitrogen and oxygen atoms in total. The minimum atomic E-state index is -1.12. The molecule has 0 spiro atoms. The first-order chi connectivity index (χ1) is 9.65. The predicted octanol–water partition coefficient (Wildman–Crippen LogP) is 3.31. The summed E-state index contributed by atoms with van der Waals surface area (Å²) in [5, 5.41) is 11.7. The van der Waals surface area contributed by atoms with Gasteiger partial charge in [-0.1, -0.05) is 18.2 Å². The fourth-order valence-corrected chi connectivity index (χ4v) is 2.67. The van der Waals surface area contributed by atoms with Gasteiger partial charge in [-0.3, -0.25) is 10.1 Å². The van der Waals surface area contributed by atoms with Gasteiger partial charge in [-0.05, 0) is 25.5 Å². The third-order valence-electron chi connectivity index (χ3n) is 3.69. The molecule has 20 heavy (non-hydrogen) atoms. The molecular formula is C15H19NO4. The maximum absolute atomic E-state index is 11.7. The van der Waals surface area contributed by atoms with E-state index in [1.807, 2.05) is 19.1 Å². The normalized spacial score (nSPS) is 21.5. The van der Waals surface area contributed by atoms with Crippen LogP contribution in [-0.2, 0) is 5.54 Å². The van der Waals surface area contributed by atoms with Crippen LogP contribution >= 0.6 is 0 Å². The van der Waals surface area contributed by atoms with Crippen LogP contribution in [0.4, 0.5) is 0 Å². The van der Waals surface area contributed by atoms with Crippen LogP contribution in [0, 0.1) is 10.1 Å². The van der Waals surface area contributed by atoms with Gasteiger partial charge in [0.15, 0.2) is 11.5 Å². The summed E-state index contributed by atoms with van der Waals surface area (Å²) < 4.78 is 10.9. The van der Waals surface area contributed by atoms with E-state index >= 15 is 0 Å². The summed E-state index contributed by atoms with van der Waals surface area (Å²) in [7, 11) is 1.54. The van der Waals surface area contributed by atoms with Gasteiger partial charge in [0.25, 0.3) is 5.54 Å². The summed E-state index contributed by atoms with van der Waals surface area (Å²) in [5.74, 6) is 1.03. The Labute approximate surface area is 118 Å². The Hall–Kier alpha value is -2.04. The van der Waals surface area contributed by atoms with Gasteiger partial charge in [-0.25, -0.2) is 0 Å². The van der Waals surface area contributed by atoms with Crippen LogP contribution < -0.4 is 9.47 Å². The van der Waals surface area contributed by atoms with Crippen molar-refractivity contribution in [1.29, 1.82) is 0 Å². The number of hydrogen-bond acceptors (Lipinski definition) is 4. The number of para-hydroxylation sites is 1. The van der Waals surface area contributed by atoms with E-state index in [-0.39, 0.29) is 4.92 Å². The second kappa shape index (κ2) is 5.94. The number of nitrogens with zero attached hydrogens (tertiary/aromatic N) is 1. The average molecular weight is 277 g/mol. The molecule has 0 saturated heterocycles. The Bertz CT molecular complexity index is 527. The minimum absolute atomic E-state index is 0.187. The second-order valence-corrected chi connectivity index (χ2v) is 4.77. The number of nitro groups is 1. The number of methoxy groups -OCH3 is 1. The van der Waals surface area contributed by atoms with Crippen LogP contribution in [-0.4, -0.2) is 18.6 Å². The maximum atomic E-state index is 11.7. The molecule has 1 atom stereocenters. The van der Waals surface area contributed by atoms with E-state index in [1.165, 1.54) is 0 Å². The van der Waals surface area contributed by atoms with E-state index in [2.05, 4.69) is 0 Å². The standard InChI is InChI=1S/C15H19NO4/c1-3-20-14-12(8-7-9-13(14)19-2)15(16(17)18)10-5-4-6-11-15/h4-5,7-9H,3,6,10-11H2,1-2H3. The van der Waals surface area contributed by atoms with Crippen LogP contribution in [0.5, 0.6) is 11.5 Å². The molecule has 0 radical (unpaired) electrons. The summed E-state index contributed by atoms with van der Waals surface area (Å²) in [5.41, 5.74) is -0.513. The van der Waals surface area contributed by atoms with Crippen molar-refractivity contribution in [3.8, 4) is 11.5 Å². The van der Waals surface area contributed by atoms with Crippen LogP contribution in [0.25, 0.3) is 0 Å². The van der Waals surface area contributed by atoms with Crippen molar-refractivity contribution in [3.63, 3.8) is 0 Å². The highest BCUT2D eigenvalue weighted by molar-refractivity contribution is 5.49. The van der Waals surface area contributed by atoms with Gasteiger partial charge in [0, 0.05) is 17.8 Å². The third kappa shape index (κ3) is 2.35. The lowest BCUT2D eigenvalue weighted by molar-refractivity contribution is -0.581. The quantitative estimate of drug-likeness (QED) is 0.470. The minimum Gasteiger partial charge on any atom is -0.493 e. The Kier molecular flexibility index (Phi) is 4.27. The number of hydrogen-bond donors (Lipinski definition) is 0. The molecule has 1 unspecified atom stereocenters. The summed E-state index contributed by atoms with van der Waals surface area (Å²) in [6.07, 6.45) is 5.42. The largest absolute Gasteiger partial charge is 0.493 e. The lowest BCUT2D eigenvalue weighted by atomic mass is 9.79. The van der Waals surface area contributed by atoms with Crippen LogP contribution in [0.15, 0.2) is 30.4 Å². The summed E-state index contributed by atoms with van der Waals surface area (Å²) in [4.78, 5) is 11.5. The number of ether oxygens (including phenoxy) is 2. The van der Waals surface area contributed by atoms with Crippen LogP contribution in [0.1, 0.15) is 31.7 Å². The first-order valence-corrected chi connectivity index (χ1v) is 6.75. The Balaban J connectivity index is 2.59. The smallest absolute Gasteiger partial charge is 0.254 e. The Morgan fingerprint density at radius 2 is 2.20 bits per heavy atom. The third-order valence-corrected chi connectivity index (χ3v) is 3.69. The Morgan fingerprint density at radius 3 is 2.75 bits per heavy atom. The first-order valence-electron chi connectivity index (χ1n) is 6.75. The second-order valence-electron chi connectivity index (χ2n) is 4.77. The highest BCUT2D eigenvalue weighted by atomic mass is 16.6. The van der Waals surface area contributed by atoms with Crippen molar-refractivity contribution in [2.75, 3.05) is 13.7 Å². The molecule has 0 bridgehead atoms. The lowest BCUT2D eigenvalue weighted by Crippen LogP contribution is -2.36. The van der Waals surface area contributed by atoms with Crippen molar-refractivity contribution in [3.05, 3.63) is 46.0 Å². The van der Waals surface area contributed by atoms with Gasteiger partial charge in [-0.2, -0.15) is 0 Å². The fourth-order valence-electron chi connectivity index (χ4n) is 2.67. The van der Waals surface area contributed by atoms with Gasteiger partial charge < -0.3 is 9.47 Å². The van der Waals surface area contributed by atoms with Crippen molar-refractivity contribution in [1.82, 2.24) is 0 Å². The molecule has 0 saturated carbocycles. The fraction of sp³-hybridized carbons (Fsp3) is 0.467. The SMILES string of the molecule is CCOc1c(OC)cccc1C1([N+](=O)[O-])CC=CCC1. The monoisotopic (exact) mass is 277 g/mol. The summed E-state index contributed by atoms with van der Waals surface area (Å²) in [6.45, 7) is 2.30. The van der Waals surface area contributed by atoms with Gasteiger partial charge in [0.2, 0.25) is 0 Å². The zero-order chi connectivity index (χ0) is 14.6. The van der Waals surface area contributed by atoms with Crippen molar-refractivity contribution in [2.24, 2.45) is 0 Å². The highest BCUT2D eigenvalue weighted by Gasteiger charge is 2.47. The molecular weight excluding hydrogens is 258 g/mol. The zero-order valence-corrected chi connectivity index (χ0v) is 11.8. The summed E-state index contributed by atoms with van der Waals surface area (Å²) >= 11 is 0. The zero-order valence-electron chi connectivity index (χ0n) is 11.8. The maximum Gasteiger partial charge on any atom is 0.254 e. The van der Waals surface area contributed by atoms with Gasteiger partial charge >= 0.3 is 0 Å². The van der Waals surface area contributed by atoms with E-state index in [0.717, 1.165) is 0 Å². The number of allylic oxidation sites excluding steroid dienone is 1. The molecule has 0 aliphatic heterocycles. The number of benzene rings is 1. The molecule has 1 aliphatic carbocycles. The molecule has 5 heteroatoms. The lowest BCUT2D eigenvalue weighted by Gasteiger charge is -2.28. The van der Waals surface area contributed by atoms with Crippen molar-refractivity contribution < 1.29 is 14.4 Å².